The molecule has 160 valence electrons. The molecule has 0 atom stereocenters. The van der Waals surface area contributed by atoms with Crippen LogP contribution in [0.15, 0.2) is 64.8 Å². The van der Waals surface area contributed by atoms with Crippen LogP contribution in [0.25, 0.3) is 16.8 Å². The molecule has 0 amide bonds. The Hall–Kier alpha value is -3.95. The number of carbonyl (C=O) groups is 1. The lowest BCUT2D eigenvalue weighted by molar-refractivity contribution is -0.0896. The third-order valence-corrected chi connectivity index (χ3v) is 4.16. The molecule has 10 heteroatoms. The van der Waals surface area contributed by atoms with E-state index < -0.39 is 35.0 Å². The Morgan fingerprint density at radius 2 is 1.87 bits per heavy atom. The van der Waals surface area contributed by atoms with E-state index in [1.54, 1.807) is 30.3 Å². The van der Waals surface area contributed by atoms with Crippen molar-refractivity contribution in [2.45, 2.75) is 6.18 Å². The van der Waals surface area contributed by atoms with Crippen LogP contribution in [-0.2, 0) is 4.74 Å². The number of ether oxygens (including phenoxy) is 1. The Kier molecular flexibility index (Phi) is 6.19. The van der Waals surface area contributed by atoms with E-state index in [9.17, 15) is 22.4 Å². The summed E-state index contributed by atoms with van der Waals surface area (Å²) >= 11 is 0. The molecule has 31 heavy (non-hydrogen) atoms. The number of allylic oxidation sites excluding steroid dienone is 2. The van der Waals surface area contributed by atoms with Crippen molar-refractivity contribution in [3.63, 3.8) is 0 Å². The number of hydrogen-bond acceptors (Lipinski definition) is 6. The quantitative estimate of drug-likeness (QED) is 0.313. The summed E-state index contributed by atoms with van der Waals surface area (Å²) in [5, 5.41) is 13.4. The van der Waals surface area contributed by atoms with Crippen molar-refractivity contribution in [1.29, 1.82) is 5.41 Å². The molecular weight excluding hydrogens is 418 g/mol. The van der Waals surface area contributed by atoms with Crippen molar-refractivity contribution >= 4 is 23.4 Å². The van der Waals surface area contributed by atoms with Gasteiger partial charge in [0.05, 0.1) is 12.7 Å². The SMILES string of the molecule is COC(=O)c1c(-c2ccccc2)noc1/C(C=N)=C(/Nc1cccc(F)c1)C(F)(F)F. The predicted octanol–water partition coefficient (Wildman–Crippen LogP) is 5.30. The Morgan fingerprint density at radius 1 is 1.16 bits per heavy atom. The maximum absolute atomic E-state index is 13.9. The van der Waals surface area contributed by atoms with Crippen molar-refractivity contribution in [1.82, 2.24) is 5.16 Å². The van der Waals surface area contributed by atoms with Gasteiger partial charge in [0.25, 0.3) is 0 Å². The van der Waals surface area contributed by atoms with Gasteiger partial charge in [-0.2, -0.15) is 13.2 Å². The van der Waals surface area contributed by atoms with Gasteiger partial charge in [0.2, 0.25) is 0 Å². The van der Waals surface area contributed by atoms with Gasteiger partial charge in [0.1, 0.15) is 22.8 Å². The first-order valence-corrected chi connectivity index (χ1v) is 8.74. The number of carbonyl (C=O) groups excluding carboxylic acids is 1. The second-order valence-corrected chi connectivity index (χ2v) is 6.16. The summed E-state index contributed by atoms with van der Waals surface area (Å²) in [6, 6.07) is 12.5. The third-order valence-electron chi connectivity index (χ3n) is 4.16. The molecule has 0 unspecified atom stereocenters. The highest BCUT2D eigenvalue weighted by atomic mass is 19.4. The van der Waals surface area contributed by atoms with Crippen LogP contribution < -0.4 is 5.32 Å². The number of hydrogen-bond donors (Lipinski definition) is 2. The highest BCUT2D eigenvalue weighted by molar-refractivity contribution is 6.14. The van der Waals surface area contributed by atoms with Crippen LogP contribution in [0.3, 0.4) is 0 Å². The number of halogens is 4. The zero-order valence-electron chi connectivity index (χ0n) is 16.0. The predicted molar refractivity (Wildman–Crippen MR) is 105 cm³/mol. The van der Waals surface area contributed by atoms with Crippen LogP contribution in [0.2, 0.25) is 0 Å². The average molecular weight is 433 g/mol. The summed E-state index contributed by atoms with van der Waals surface area (Å²) in [5.74, 6) is -2.37. The van der Waals surface area contributed by atoms with Crippen LogP contribution in [-0.4, -0.2) is 30.6 Å². The van der Waals surface area contributed by atoms with Gasteiger partial charge in [0, 0.05) is 17.5 Å². The van der Waals surface area contributed by atoms with E-state index in [4.69, 9.17) is 14.7 Å². The molecule has 0 saturated carbocycles. The van der Waals surface area contributed by atoms with Gasteiger partial charge >= 0.3 is 12.1 Å². The molecular formula is C21H15F4N3O3. The second kappa shape index (κ2) is 8.82. The fraction of sp³-hybridized carbons (Fsp3) is 0.0952. The maximum atomic E-state index is 13.9. The first-order chi connectivity index (χ1) is 14.8. The molecule has 2 N–H and O–H groups in total. The van der Waals surface area contributed by atoms with Gasteiger partial charge < -0.3 is 20.0 Å². The number of nitrogens with one attached hydrogen (secondary N) is 2. The summed E-state index contributed by atoms with van der Waals surface area (Å²) in [5.41, 5.74) is -2.49. The fourth-order valence-corrected chi connectivity index (χ4v) is 2.81. The van der Waals surface area contributed by atoms with Gasteiger partial charge in [-0.1, -0.05) is 41.6 Å². The van der Waals surface area contributed by atoms with Gasteiger partial charge in [0.15, 0.2) is 5.76 Å². The molecule has 0 spiro atoms. The van der Waals surface area contributed by atoms with Crippen molar-refractivity contribution in [2.24, 2.45) is 0 Å². The lowest BCUT2D eigenvalue weighted by Crippen LogP contribution is -2.22. The smallest absolute Gasteiger partial charge is 0.432 e. The molecule has 0 aliphatic rings. The summed E-state index contributed by atoms with van der Waals surface area (Å²) in [6.07, 6.45) is -4.64. The molecule has 0 radical (unpaired) electrons. The molecule has 0 aliphatic carbocycles. The standard InChI is InChI=1S/C21H15F4N3O3/c1-30-20(29)16-17(12-6-3-2-4-7-12)28-31-18(16)15(11-26)19(21(23,24)25)27-14-9-5-8-13(22)10-14/h2-11,26-27H,1H3/b19-15+,26-11?. The molecule has 0 aliphatic heterocycles. The normalized spacial score (nSPS) is 12.2. The zero-order chi connectivity index (χ0) is 22.6. The van der Waals surface area contributed by atoms with E-state index in [0.717, 1.165) is 19.2 Å². The van der Waals surface area contributed by atoms with Crippen LogP contribution in [0.5, 0.6) is 0 Å². The van der Waals surface area contributed by atoms with E-state index in [1.165, 1.54) is 12.1 Å². The minimum atomic E-state index is -5.01. The highest BCUT2D eigenvalue weighted by Gasteiger charge is 2.39. The topological polar surface area (TPSA) is 88.2 Å². The molecule has 0 saturated heterocycles. The number of alkyl halides is 3. The molecule has 0 fully saturated rings. The minimum absolute atomic E-state index is 0.0471. The molecule has 6 nitrogen and oxygen atoms in total. The average Bonchev–Trinajstić information content (AvgIpc) is 3.18. The molecule has 0 bridgehead atoms. The van der Waals surface area contributed by atoms with E-state index in [1.807, 2.05) is 0 Å². The van der Waals surface area contributed by atoms with Crippen molar-refractivity contribution < 1.29 is 31.6 Å². The lowest BCUT2D eigenvalue weighted by atomic mass is 10.0. The summed E-state index contributed by atoms with van der Waals surface area (Å²) in [4.78, 5) is 12.4. The number of aromatic nitrogens is 1. The Bertz CT molecular complexity index is 1140. The number of esters is 1. The highest BCUT2D eigenvalue weighted by Crippen LogP contribution is 2.36. The molecule has 2 aromatic carbocycles. The zero-order valence-corrected chi connectivity index (χ0v) is 16.0. The Morgan fingerprint density at radius 3 is 2.45 bits per heavy atom. The molecule has 1 heterocycles. The number of benzene rings is 2. The van der Waals surface area contributed by atoms with Gasteiger partial charge in [-0.15, -0.1) is 0 Å². The van der Waals surface area contributed by atoms with Crippen LogP contribution in [0.4, 0.5) is 23.2 Å². The monoisotopic (exact) mass is 433 g/mol. The van der Waals surface area contributed by atoms with Crippen LogP contribution in [0.1, 0.15) is 16.1 Å². The van der Waals surface area contributed by atoms with E-state index in [-0.39, 0.29) is 16.9 Å². The van der Waals surface area contributed by atoms with Gasteiger partial charge in [-0.05, 0) is 18.2 Å². The number of rotatable bonds is 6. The largest absolute Gasteiger partial charge is 0.465 e. The fourth-order valence-electron chi connectivity index (χ4n) is 2.81. The first kappa shape index (κ1) is 21.8. The minimum Gasteiger partial charge on any atom is -0.465 e. The van der Waals surface area contributed by atoms with Gasteiger partial charge in [-0.3, -0.25) is 0 Å². The number of anilines is 1. The second-order valence-electron chi connectivity index (χ2n) is 6.16. The van der Waals surface area contributed by atoms with Crippen LogP contribution in [0, 0.1) is 11.2 Å². The first-order valence-electron chi connectivity index (χ1n) is 8.74. The van der Waals surface area contributed by atoms with Crippen LogP contribution >= 0.6 is 0 Å². The van der Waals surface area contributed by atoms with Crippen molar-refractivity contribution in [3.8, 4) is 11.3 Å². The van der Waals surface area contributed by atoms with E-state index >= 15 is 0 Å². The molecule has 1 aromatic heterocycles. The summed E-state index contributed by atoms with van der Waals surface area (Å²) < 4.78 is 64.9. The Labute approximate surface area is 173 Å². The molecule has 3 rings (SSSR count). The van der Waals surface area contributed by atoms with E-state index in [0.29, 0.717) is 11.8 Å². The van der Waals surface area contributed by atoms with Gasteiger partial charge in [-0.25, -0.2) is 9.18 Å². The Balaban J connectivity index is 2.25. The lowest BCUT2D eigenvalue weighted by Gasteiger charge is -2.17. The number of nitrogens with zero attached hydrogens (tertiary/aromatic N) is 1. The van der Waals surface area contributed by atoms with E-state index in [2.05, 4.69) is 10.5 Å². The summed E-state index contributed by atoms with van der Waals surface area (Å²) in [7, 11) is 1.05. The van der Waals surface area contributed by atoms with Crippen molar-refractivity contribution in [2.75, 3.05) is 12.4 Å². The number of methoxy groups -OCH3 is 1. The summed E-state index contributed by atoms with van der Waals surface area (Å²) in [6.45, 7) is 0. The maximum Gasteiger partial charge on any atom is 0.432 e. The van der Waals surface area contributed by atoms with Crippen molar-refractivity contribution in [3.05, 3.63) is 77.4 Å². The third kappa shape index (κ3) is 4.63. The molecule has 3 aromatic rings.